The van der Waals surface area contributed by atoms with Crippen molar-refractivity contribution in [2.24, 2.45) is 0 Å². The maximum Gasteiger partial charge on any atom is 0.397 e. The van der Waals surface area contributed by atoms with Gasteiger partial charge in [0.1, 0.15) is 12.2 Å². The van der Waals surface area contributed by atoms with Crippen molar-refractivity contribution < 1.29 is 27.2 Å². The Bertz CT molecular complexity index is 865. The number of nitrogens with one attached hydrogen (secondary N) is 1. The summed E-state index contributed by atoms with van der Waals surface area (Å²) in [5.41, 5.74) is 0.366. The van der Waals surface area contributed by atoms with Gasteiger partial charge in [-0.1, -0.05) is 13.8 Å². The maximum absolute atomic E-state index is 13.8. The minimum Gasteiger partial charge on any atom is -0.336 e. The monoisotopic (exact) mass is 417 g/mol. The number of thiazole rings is 1. The van der Waals surface area contributed by atoms with Crippen LogP contribution in [-0.4, -0.2) is 34.9 Å². The molecule has 0 spiro atoms. The van der Waals surface area contributed by atoms with Crippen molar-refractivity contribution in [2.45, 2.75) is 38.9 Å². The first kappa shape index (κ1) is 21.8. The molecule has 0 fully saturated rings. The van der Waals surface area contributed by atoms with Gasteiger partial charge in [-0.05, 0) is 18.2 Å². The highest BCUT2D eigenvalue weighted by Gasteiger charge is 2.31. The zero-order chi connectivity index (χ0) is 21.1. The third-order valence-corrected chi connectivity index (χ3v) is 4.79. The number of carbonyl (C=O) groups excluding carboxylic acids is 2. The van der Waals surface area contributed by atoms with Gasteiger partial charge in [0.25, 0.3) is 5.91 Å². The van der Waals surface area contributed by atoms with Gasteiger partial charge in [-0.2, -0.15) is 13.2 Å². The molecule has 0 unspecified atom stereocenters. The van der Waals surface area contributed by atoms with Crippen LogP contribution in [0, 0.1) is 5.82 Å². The highest BCUT2D eigenvalue weighted by Crippen LogP contribution is 2.23. The first-order chi connectivity index (χ1) is 12.9. The van der Waals surface area contributed by atoms with Crippen molar-refractivity contribution in [3.63, 3.8) is 0 Å². The van der Waals surface area contributed by atoms with E-state index in [2.05, 4.69) is 4.98 Å². The molecule has 0 aliphatic heterocycles. The summed E-state index contributed by atoms with van der Waals surface area (Å²) in [5, 5.41) is 4.71. The van der Waals surface area contributed by atoms with Crippen LogP contribution < -0.4 is 5.32 Å². The molecule has 152 valence electrons. The third kappa shape index (κ3) is 6.29. The quantitative estimate of drug-likeness (QED) is 0.701. The van der Waals surface area contributed by atoms with Crippen LogP contribution in [-0.2, 0) is 11.3 Å². The van der Waals surface area contributed by atoms with Gasteiger partial charge in [-0.15, -0.1) is 11.3 Å². The standard InChI is InChI=1S/C18H19F4N3O2S/c1-10(2)16-24-14(9-28-16)8-25(3)17(27)11-4-12(19)6-13(5-11)23-15(26)7-18(20,21)22/h4-6,9-10H,7-8H2,1-3H3,(H,23,26). The molecule has 0 aliphatic carbocycles. The SMILES string of the molecule is CC(C)c1nc(CN(C)C(=O)c2cc(F)cc(NC(=O)CC(F)(F)F)c2)cs1. The fourth-order valence-corrected chi connectivity index (χ4v) is 3.19. The minimum absolute atomic E-state index is 0.0934. The summed E-state index contributed by atoms with van der Waals surface area (Å²) < 4.78 is 50.6. The molecule has 10 heteroatoms. The molecule has 1 aromatic heterocycles. The molecule has 1 aromatic carbocycles. The maximum atomic E-state index is 13.8. The van der Waals surface area contributed by atoms with Gasteiger partial charge in [-0.25, -0.2) is 9.37 Å². The molecule has 2 rings (SSSR count). The fraction of sp³-hybridized carbons (Fsp3) is 0.389. The fourth-order valence-electron chi connectivity index (χ4n) is 2.37. The van der Waals surface area contributed by atoms with E-state index in [1.54, 1.807) is 0 Å². The van der Waals surface area contributed by atoms with E-state index in [1.807, 2.05) is 24.5 Å². The molecule has 1 N–H and O–H groups in total. The number of nitrogens with zero attached hydrogens (tertiary/aromatic N) is 2. The summed E-state index contributed by atoms with van der Waals surface area (Å²) in [4.78, 5) is 29.7. The first-order valence-electron chi connectivity index (χ1n) is 8.31. The van der Waals surface area contributed by atoms with E-state index in [0.717, 1.165) is 23.2 Å². The zero-order valence-corrected chi connectivity index (χ0v) is 16.2. The Balaban J connectivity index is 2.11. The number of rotatable bonds is 6. The Morgan fingerprint density at radius 2 is 1.93 bits per heavy atom. The Morgan fingerprint density at radius 3 is 2.50 bits per heavy atom. The lowest BCUT2D eigenvalue weighted by atomic mass is 10.1. The van der Waals surface area contributed by atoms with E-state index in [0.29, 0.717) is 5.69 Å². The number of alkyl halides is 3. The summed E-state index contributed by atoms with van der Waals surface area (Å²) >= 11 is 1.47. The second-order valence-corrected chi connectivity index (χ2v) is 7.45. The first-order valence-corrected chi connectivity index (χ1v) is 9.19. The van der Waals surface area contributed by atoms with Crippen molar-refractivity contribution in [3.8, 4) is 0 Å². The van der Waals surface area contributed by atoms with Crippen molar-refractivity contribution in [2.75, 3.05) is 12.4 Å². The van der Waals surface area contributed by atoms with Crippen LogP contribution in [0.4, 0.5) is 23.2 Å². The number of anilines is 1. The van der Waals surface area contributed by atoms with Gasteiger partial charge in [0.05, 0.1) is 17.2 Å². The average Bonchev–Trinajstić information content (AvgIpc) is 3.00. The lowest BCUT2D eigenvalue weighted by Gasteiger charge is -2.17. The zero-order valence-electron chi connectivity index (χ0n) is 15.4. The summed E-state index contributed by atoms with van der Waals surface area (Å²) in [7, 11) is 1.50. The number of carbonyl (C=O) groups is 2. The molecular formula is C18H19F4N3O2S. The summed E-state index contributed by atoms with van der Waals surface area (Å²) in [6, 6.07) is 2.94. The lowest BCUT2D eigenvalue weighted by Crippen LogP contribution is -2.27. The van der Waals surface area contributed by atoms with Crippen LogP contribution in [0.5, 0.6) is 0 Å². The summed E-state index contributed by atoms with van der Waals surface area (Å²) in [5.74, 6) is -2.48. The van der Waals surface area contributed by atoms with Crippen molar-refractivity contribution >= 4 is 28.8 Å². The van der Waals surface area contributed by atoms with Crippen LogP contribution in [0.2, 0.25) is 0 Å². The van der Waals surface area contributed by atoms with E-state index < -0.39 is 30.2 Å². The summed E-state index contributed by atoms with van der Waals surface area (Å²) in [6.45, 7) is 4.19. The van der Waals surface area contributed by atoms with E-state index in [-0.39, 0.29) is 23.7 Å². The molecule has 0 radical (unpaired) electrons. The smallest absolute Gasteiger partial charge is 0.336 e. The molecule has 0 saturated heterocycles. The van der Waals surface area contributed by atoms with E-state index in [4.69, 9.17) is 0 Å². The molecule has 0 aliphatic rings. The van der Waals surface area contributed by atoms with E-state index in [1.165, 1.54) is 23.3 Å². The van der Waals surface area contributed by atoms with Gasteiger partial charge in [0.2, 0.25) is 5.91 Å². The lowest BCUT2D eigenvalue weighted by molar-refractivity contribution is -0.150. The van der Waals surface area contributed by atoms with E-state index in [9.17, 15) is 27.2 Å². The highest BCUT2D eigenvalue weighted by atomic mass is 32.1. The van der Waals surface area contributed by atoms with Gasteiger partial charge in [-0.3, -0.25) is 9.59 Å². The van der Waals surface area contributed by atoms with Gasteiger partial charge >= 0.3 is 6.18 Å². The Morgan fingerprint density at radius 1 is 1.25 bits per heavy atom. The Labute approximate surface area is 163 Å². The number of halogens is 4. The van der Waals surface area contributed by atoms with Crippen LogP contribution in [0.25, 0.3) is 0 Å². The predicted octanol–water partition coefficient (Wildman–Crippen LogP) is 4.57. The molecule has 0 bridgehead atoms. The Hall–Kier alpha value is -2.49. The number of hydrogen-bond acceptors (Lipinski definition) is 4. The van der Waals surface area contributed by atoms with Gasteiger partial charge in [0.15, 0.2) is 0 Å². The van der Waals surface area contributed by atoms with Crippen LogP contribution in [0.3, 0.4) is 0 Å². The predicted molar refractivity (Wildman–Crippen MR) is 97.7 cm³/mol. The number of amides is 2. The number of aromatic nitrogens is 1. The molecule has 2 amide bonds. The molecule has 5 nitrogen and oxygen atoms in total. The van der Waals surface area contributed by atoms with Crippen molar-refractivity contribution in [1.29, 1.82) is 0 Å². The molecule has 1 heterocycles. The second kappa shape index (κ2) is 8.68. The summed E-state index contributed by atoms with van der Waals surface area (Å²) in [6.07, 6.45) is -6.38. The molecular weight excluding hydrogens is 398 g/mol. The molecule has 2 aromatic rings. The third-order valence-electron chi connectivity index (χ3n) is 3.60. The molecule has 0 saturated carbocycles. The topological polar surface area (TPSA) is 62.3 Å². The van der Waals surface area contributed by atoms with Crippen LogP contribution >= 0.6 is 11.3 Å². The minimum atomic E-state index is -4.68. The van der Waals surface area contributed by atoms with E-state index >= 15 is 0 Å². The van der Waals surface area contributed by atoms with Gasteiger partial charge in [0, 0.05) is 29.6 Å². The largest absolute Gasteiger partial charge is 0.397 e. The number of hydrogen-bond donors (Lipinski definition) is 1. The van der Waals surface area contributed by atoms with Crippen LogP contribution in [0.15, 0.2) is 23.6 Å². The Kier molecular flexibility index (Phi) is 6.76. The average molecular weight is 417 g/mol. The van der Waals surface area contributed by atoms with Crippen molar-refractivity contribution in [1.82, 2.24) is 9.88 Å². The van der Waals surface area contributed by atoms with Gasteiger partial charge < -0.3 is 10.2 Å². The second-order valence-electron chi connectivity index (χ2n) is 6.56. The van der Waals surface area contributed by atoms with Crippen molar-refractivity contribution in [3.05, 3.63) is 45.7 Å². The normalized spacial score (nSPS) is 11.6. The van der Waals surface area contributed by atoms with Crippen LogP contribution in [0.1, 0.15) is 47.2 Å². The highest BCUT2D eigenvalue weighted by molar-refractivity contribution is 7.09. The number of benzene rings is 1. The molecule has 28 heavy (non-hydrogen) atoms. The molecule has 0 atom stereocenters.